The van der Waals surface area contributed by atoms with Crippen molar-refractivity contribution in [2.24, 2.45) is 0 Å². The maximum atomic E-state index is 12.2. The minimum atomic E-state index is -0.153. The van der Waals surface area contributed by atoms with Gasteiger partial charge in [-0.3, -0.25) is 4.79 Å². The normalized spacial score (nSPS) is 12.2. The summed E-state index contributed by atoms with van der Waals surface area (Å²) < 4.78 is 7.13. The summed E-state index contributed by atoms with van der Waals surface area (Å²) in [5.41, 5.74) is 2.80. The van der Waals surface area contributed by atoms with Gasteiger partial charge in [-0.1, -0.05) is 32.0 Å². The number of nitrogens with zero attached hydrogens (tertiary/aromatic N) is 2. The molecular formula is C17H22N2O2. The second kappa shape index (κ2) is 6.57. The minimum absolute atomic E-state index is 0.00456. The van der Waals surface area contributed by atoms with Crippen LogP contribution in [-0.2, 0) is 0 Å². The topological polar surface area (TPSA) is 44.1 Å². The van der Waals surface area contributed by atoms with Gasteiger partial charge in [0.2, 0.25) is 0 Å². The summed E-state index contributed by atoms with van der Waals surface area (Å²) in [5.74, 6) is 1.03. The first-order valence-electron chi connectivity index (χ1n) is 7.31. The highest BCUT2D eigenvalue weighted by molar-refractivity contribution is 5.80. The van der Waals surface area contributed by atoms with Crippen LogP contribution < -0.4 is 4.74 Å². The largest absolute Gasteiger partial charge is 0.483 e. The fourth-order valence-corrected chi connectivity index (χ4v) is 2.32. The minimum Gasteiger partial charge on any atom is -0.483 e. The predicted octanol–water partition coefficient (Wildman–Crippen LogP) is 3.73. The molecule has 1 aromatic heterocycles. The summed E-state index contributed by atoms with van der Waals surface area (Å²) in [6.07, 6.45) is 1.03. The maximum Gasteiger partial charge on any atom is 0.284 e. The van der Waals surface area contributed by atoms with Gasteiger partial charge in [-0.05, 0) is 43.9 Å². The molecule has 0 fully saturated rings. The van der Waals surface area contributed by atoms with E-state index in [9.17, 15) is 4.79 Å². The molecule has 1 aromatic carbocycles. The lowest BCUT2D eigenvalue weighted by atomic mass is 9.98. The average molecular weight is 286 g/mol. The second-order valence-corrected chi connectivity index (χ2v) is 5.37. The van der Waals surface area contributed by atoms with Gasteiger partial charge >= 0.3 is 0 Å². The SMILES string of the molecule is CC[C@@H](C)c1ccccc1OCC(=O)n1nc(C)cc1C. The van der Waals surface area contributed by atoms with Crippen LogP contribution in [0.5, 0.6) is 5.75 Å². The molecule has 21 heavy (non-hydrogen) atoms. The lowest BCUT2D eigenvalue weighted by Crippen LogP contribution is -2.22. The Kier molecular flexibility index (Phi) is 4.78. The van der Waals surface area contributed by atoms with Crippen LogP contribution in [0.4, 0.5) is 0 Å². The van der Waals surface area contributed by atoms with E-state index in [2.05, 4.69) is 25.0 Å². The number of aryl methyl sites for hydroxylation is 2. The molecule has 0 radical (unpaired) electrons. The molecule has 0 unspecified atom stereocenters. The number of para-hydroxylation sites is 1. The number of hydrogen-bond donors (Lipinski definition) is 0. The Morgan fingerprint density at radius 1 is 1.33 bits per heavy atom. The smallest absolute Gasteiger partial charge is 0.284 e. The third-order valence-corrected chi connectivity index (χ3v) is 3.66. The fraction of sp³-hybridized carbons (Fsp3) is 0.412. The average Bonchev–Trinajstić information content (AvgIpc) is 2.83. The standard InChI is InChI=1S/C17H22N2O2/c1-5-12(2)15-8-6-7-9-16(15)21-11-17(20)19-14(4)10-13(3)18-19/h6-10,12H,5,11H2,1-4H3/t12-/m1/s1. The number of rotatable bonds is 5. The van der Waals surface area contributed by atoms with E-state index in [4.69, 9.17) is 4.74 Å². The third kappa shape index (κ3) is 3.51. The monoisotopic (exact) mass is 286 g/mol. The van der Waals surface area contributed by atoms with Crippen molar-refractivity contribution >= 4 is 5.91 Å². The van der Waals surface area contributed by atoms with Gasteiger partial charge in [-0.25, -0.2) is 4.68 Å². The Bertz CT molecular complexity index is 631. The van der Waals surface area contributed by atoms with Gasteiger partial charge in [0.05, 0.1) is 5.69 Å². The maximum absolute atomic E-state index is 12.2. The molecule has 0 amide bonds. The molecule has 2 rings (SSSR count). The molecule has 0 N–H and O–H groups in total. The molecular weight excluding hydrogens is 264 g/mol. The molecule has 0 aliphatic heterocycles. The molecule has 112 valence electrons. The van der Waals surface area contributed by atoms with Crippen LogP contribution in [0.3, 0.4) is 0 Å². The molecule has 0 bridgehead atoms. The van der Waals surface area contributed by atoms with Crippen molar-refractivity contribution in [2.75, 3.05) is 6.61 Å². The highest BCUT2D eigenvalue weighted by atomic mass is 16.5. The highest BCUT2D eigenvalue weighted by Crippen LogP contribution is 2.28. The van der Waals surface area contributed by atoms with Crippen molar-refractivity contribution in [1.82, 2.24) is 9.78 Å². The van der Waals surface area contributed by atoms with Gasteiger partial charge < -0.3 is 4.74 Å². The molecule has 0 saturated heterocycles. The van der Waals surface area contributed by atoms with Crippen molar-refractivity contribution in [3.63, 3.8) is 0 Å². The summed E-state index contributed by atoms with van der Waals surface area (Å²) in [5, 5.41) is 4.18. The number of aromatic nitrogens is 2. The van der Waals surface area contributed by atoms with E-state index in [1.807, 2.05) is 38.1 Å². The third-order valence-electron chi connectivity index (χ3n) is 3.66. The molecule has 2 aromatic rings. The van der Waals surface area contributed by atoms with E-state index in [1.54, 1.807) is 0 Å². The molecule has 4 nitrogen and oxygen atoms in total. The summed E-state index contributed by atoms with van der Waals surface area (Å²) in [7, 11) is 0. The van der Waals surface area contributed by atoms with E-state index in [-0.39, 0.29) is 12.5 Å². The van der Waals surface area contributed by atoms with Crippen LogP contribution in [0.15, 0.2) is 30.3 Å². The van der Waals surface area contributed by atoms with E-state index in [1.165, 1.54) is 4.68 Å². The number of carbonyl (C=O) groups excluding carboxylic acids is 1. The van der Waals surface area contributed by atoms with E-state index in [0.717, 1.165) is 29.1 Å². The van der Waals surface area contributed by atoms with Crippen molar-refractivity contribution in [1.29, 1.82) is 0 Å². The fourth-order valence-electron chi connectivity index (χ4n) is 2.32. The van der Waals surface area contributed by atoms with Gasteiger partial charge in [0.15, 0.2) is 6.61 Å². The van der Waals surface area contributed by atoms with Crippen molar-refractivity contribution in [2.45, 2.75) is 40.0 Å². The van der Waals surface area contributed by atoms with Crippen molar-refractivity contribution in [3.05, 3.63) is 47.3 Å². The zero-order valence-corrected chi connectivity index (χ0v) is 13.1. The first-order chi connectivity index (χ1) is 10.0. The van der Waals surface area contributed by atoms with Crippen LogP contribution in [-0.4, -0.2) is 22.3 Å². The molecule has 0 aliphatic rings. The Balaban J connectivity index is 2.10. The lowest BCUT2D eigenvalue weighted by molar-refractivity contribution is 0.0817. The number of hydrogen-bond acceptors (Lipinski definition) is 3. The van der Waals surface area contributed by atoms with Crippen molar-refractivity contribution < 1.29 is 9.53 Å². The summed E-state index contributed by atoms with van der Waals surface area (Å²) in [6.45, 7) is 8.03. The van der Waals surface area contributed by atoms with Crippen LogP contribution in [0.1, 0.15) is 47.9 Å². The number of ether oxygens (including phenoxy) is 1. The predicted molar refractivity (Wildman–Crippen MR) is 83.0 cm³/mol. The van der Waals surface area contributed by atoms with Gasteiger partial charge in [0, 0.05) is 5.69 Å². The molecule has 0 saturated carbocycles. The van der Waals surface area contributed by atoms with Crippen LogP contribution in [0.25, 0.3) is 0 Å². The number of benzene rings is 1. The van der Waals surface area contributed by atoms with Crippen molar-refractivity contribution in [3.8, 4) is 5.75 Å². The lowest BCUT2D eigenvalue weighted by Gasteiger charge is -2.15. The second-order valence-electron chi connectivity index (χ2n) is 5.37. The highest BCUT2D eigenvalue weighted by Gasteiger charge is 2.14. The first-order valence-corrected chi connectivity index (χ1v) is 7.31. The van der Waals surface area contributed by atoms with E-state index in [0.29, 0.717) is 5.92 Å². The molecule has 1 atom stereocenters. The Morgan fingerprint density at radius 3 is 2.67 bits per heavy atom. The van der Waals surface area contributed by atoms with E-state index >= 15 is 0 Å². The summed E-state index contributed by atoms with van der Waals surface area (Å²) in [6, 6.07) is 9.77. The molecule has 1 heterocycles. The molecule has 0 aliphatic carbocycles. The van der Waals surface area contributed by atoms with Gasteiger partial charge in [0.1, 0.15) is 5.75 Å². The summed E-state index contributed by atoms with van der Waals surface area (Å²) in [4.78, 5) is 12.2. The van der Waals surface area contributed by atoms with Gasteiger partial charge in [-0.15, -0.1) is 0 Å². The zero-order chi connectivity index (χ0) is 15.4. The Hall–Kier alpha value is -2.10. The summed E-state index contributed by atoms with van der Waals surface area (Å²) >= 11 is 0. The quantitative estimate of drug-likeness (QED) is 0.841. The Labute approximate surface area is 125 Å². The number of carbonyl (C=O) groups is 1. The first kappa shape index (κ1) is 15.3. The van der Waals surface area contributed by atoms with Crippen LogP contribution >= 0.6 is 0 Å². The van der Waals surface area contributed by atoms with Crippen LogP contribution in [0, 0.1) is 13.8 Å². The van der Waals surface area contributed by atoms with E-state index < -0.39 is 0 Å². The Morgan fingerprint density at radius 2 is 2.05 bits per heavy atom. The molecule has 0 spiro atoms. The van der Waals surface area contributed by atoms with Gasteiger partial charge in [0.25, 0.3) is 5.91 Å². The molecule has 4 heteroatoms. The van der Waals surface area contributed by atoms with Crippen LogP contribution in [0.2, 0.25) is 0 Å². The zero-order valence-electron chi connectivity index (χ0n) is 13.1. The van der Waals surface area contributed by atoms with Gasteiger partial charge in [-0.2, -0.15) is 5.10 Å².